The van der Waals surface area contributed by atoms with Gasteiger partial charge in [0.15, 0.2) is 0 Å². The Hall–Kier alpha value is -1.84. The molecule has 14 heavy (non-hydrogen) atoms. The lowest BCUT2D eigenvalue weighted by Gasteiger charge is -1.99. The molecule has 0 fully saturated rings. The lowest BCUT2D eigenvalue weighted by molar-refractivity contribution is 0.477. The van der Waals surface area contributed by atoms with E-state index in [4.69, 9.17) is 0 Å². The number of aryl methyl sites for hydroxylation is 2. The van der Waals surface area contributed by atoms with E-state index < -0.39 is 0 Å². The number of nitrogens with zero attached hydrogens (tertiary/aromatic N) is 2. The summed E-state index contributed by atoms with van der Waals surface area (Å²) in [4.78, 5) is 15.2. The zero-order valence-corrected chi connectivity index (χ0v) is 7.59. The molecule has 2 aromatic rings. The molecule has 0 amide bonds. The van der Waals surface area contributed by atoms with Crippen molar-refractivity contribution in [3.63, 3.8) is 0 Å². The maximum atomic E-state index is 11.0. The Morgan fingerprint density at radius 1 is 1.43 bits per heavy atom. The summed E-state index contributed by atoms with van der Waals surface area (Å²) in [5.74, 6) is -0.319. The fourth-order valence-electron chi connectivity index (χ4n) is 1.24. The van der Waals surface area contributed by atoms with E-state index >= 15 is 0 Å². The molecule has 0 unspecified atom stereocenters. The molecule has 4 nitrogen and oxygen atoms in total. The fourth-order valence-corrected chi connectivity index (χ4v) is 1.24. The van der Waals surface area contributed by atoms with Gasteiger partial charge in [-0.1, -0.05) is 6.07 Å². The average molecular weight is 190 g/mol. The number of hydrogen-bond acceptors (Lipinski definition) is 3. The molecule has 2 rings (SSSR count). The second-order valence-electron chi connectivity index (χ2n) is 2.93. The average Bonchev–Trinajstić information content (AvgIpc) is 2.63. The third-order valence-corrected chi connectivity index (χ3v) is 1.98. The molecule has 0 spiro atoms. The standard InChI is InChI=1S/C10H10N2O2/c13-10-12(7-8-14-10)6-4-9-3-1-2-5-11-9/h1-3,5,7-8H,4,6H2. The van der Waals surface area contributed by atoms with Crippen LogP contribution in [0.4, 0.5) is 0 Å². The molecule has 0 aliphatic carbocycles. The Labute approximate surface area is 80.8 Å². The summed E-state index contributed by atoms with van der Waals surface area (Å²) >= 11 is 0. The van der Waals surface area contributed by atoms with Gasteiger partial charge >= 0.3 is 5.76 Å². The summed E-state index contributed by atoms with van der Waals surface area (Å²) in [5.41, 5.74) is 0.973. The van der Waals surface area contributed by atoms with Crippen LogP contribution in [0.25, 0.3) is 0 Å². The van der Waals surface area contributed by atoms with Crippen LogP contribution in [0.2, 0.25) is 0 Å². The Bertz CT molecular complexity index is 444. The van der Waals surface area contributed by atoms with Crippen molar-refractivity contribution in [1.82, 2.24) is 9.55 Å². The molecule has 0 aliphatic rings. The van der Waals surface area contributed by atoms with Gasteiger partial charge in [0.05, 0.1) is 0 Å². The normalized spacial score (nSPS) is 10.3. The molecule has 0 saturated heterocycles. The van der Waals surface area contributed by atoms with Crippen LogP contribution in [0.1, 0.15) is 5.69 Å². The summed E-state index contributed by atoms with van der Waals surface area (Å²) in [5, 5.41) is 0. The van der Waals surface area contributed by atoms with E-state index in [1.54, 1.807) is 12.4 Å². The fraction of sp³-hybridized carbons (Fsp3) is 0.200. The van der Waals surface area contributed by atoms with Gasteiger partial charge in [0.2, 0.25) is 0 Å². The molecule has 0 saturated carbocycles. The Balaban J connectivity index is 2.02. The second-order valence-corrected chi connectivity index (χ2v) is 2.93. The number of rotatable bonds is 3. The summed E-state index contributed by atoms with van der Waals surface area (Å²) < 4.78 is 6.16. The van der Waals surface area contributed by atoms with Crippen molar-refractivity contribution in [2.24, 2.45) is 0 Å². The summed E-state index contributed by atoms with van der Waals surface area (Å²) in [6.07, 6.45) is 5.50. The Morgan fingerprint density at radius 3 is 3.00 bits per heavy atom. The summed E-state index contributed by atoms with van der Waals surface area (Å²) in [7, 11) is 0. The van der Waals surface area contributed by atoms with E-state index in [0.29, 0.717) is 6.54 Å². The zero-order chi connectivity index (χ0) is 9.80. The maximum absolute atomic E-state index is 11.0. The molecule has 0 radical (unpaired) electrons. The number of hydrogen-bond donors (Lipinski definition) is 0. The molecule has 72 valence electrons. The second kappa shape index (κ2) is 3.91. The predicted octanol–water partition coefficient (Wildman–Crippen LogP) is 1.08. The van der Waals surface area contributed by atoms with Crippen LogP contribution in [0, 0.1) is 0 Å². The molecule has 0 N–H and O–H groups in total. The molecule has 4 heteroatoms. The molecule has 0 bridgehead atoms. The topological polar surface area (TPSA) is 48.0 Å². The van der Waals surface area contributed by atoms with Gasteiger partial charge in [-0.05, 0) is 12.1 Å². The molecule has 0 aromatic carbocycles. The number of oxazole rings is 1. The van der Waals surface area contributed by atoms with Gasteiger partial charge in [0.25, 0.3) is 0 Å². The van der Waals surface area contributed by atoms with Crippen molar-refractivity contribution >= 4 is 0 Å². The van der Waals surface area contributed by atoms with E-state index in [1.807, 2.05) is 18.2 Å². The first-order valence-electron chi connectivity index (χ1n) is 4.40. The maximum Gasteiger partial charge on any atom is 0.418 e. The van der Waals surface area contributed by atoms with Crippen molar-refractivity contribution in [3.8, 4) is 0 Å². The number of aromatic nitrogens is 2. The van der Waals surface area contributed by atoms with Gasteiger partial charge < -0.3 is 4.42 Å². The van der Waals surface area contributed by atoms with Crippen molar-refractivity contribution in [1.29, 1.82) is 0 Å². The molecule has 2 aromatic heterocycles. The van der Waals surface area contributed by atoms with E-state index in [0.717, 1.165) is 12.1 Å². The van der Waals surface area contributed by atoms with Gasteiger partial charge in [0, 0.05) is 31.1 Å². The Morgan fingerprint density at radius 2 is 2.36 bits per heavy atom. The highest BCUT2D eigenvalue weighted by molar-refractivity contribution is 5.03. The van der Waals surface area contributed by atoms with Crippen molar-refractivity contribution in [2.75, 3.05) is 0 Å². The van der Waals surface area contributed by atoms with Gasteiger partial charge in [-0.25, -0.2) is 4.79 Å². The van der Waals surface area contributed by atoms with Crippen LogP contribution >= 0.6 is 0 Å². The third-order valence-electron chi connectivity index (χ3n) is 1.98. The van der Waals surface area contributed by atoms with Gasteiger partial charge in [-0.2, -0.15) is 0 Å². The van der Waals surface area contributed by atoms with Crippen LogP contribution in [0.15, 0.2) is 46.1 Å². The van der Waals surface area contributed by atoms with Crippen molar-refractivity contribution in [3.05, 3.63) is 53.1 Å². The van der Waals surface area contributed by atoms with E-state index in [2.05, 4.69) is 9.40 Å². The largest absolute Gasteiger partial charge is 0.418 e. The molecular formula is C10H10N2O2. The highest BCUT2D eigenvalue weighted by Gasteiger charge is 1.98. The highest BCUT2D eigenvalue weighted by Crippen LogP contribution is 1.96. The van der Waals surface area contributed by atoms with Crippen LogP contribution in [-0.4, -0.2) is 9.55 Å². The van der Waals surface area contributed by atoms with E-state index in [9.17, 15) is 4.79 Å². The zero-order valence-electron chi connectivity index (χ0n) is 7.59. The third kappa shape index (κ3) is 1.90. The highest BCUT2D eigenvalue weighted by atomic mass is 16.4. The van der Waals surface area contributed by atoms with Crippen LogP contribution in [0.5, 0.6) is 0 Å². The van der Waals surface area contributed by atoms with E-state index in [-0.39, 0.29) is 5.76 Å². The molecule has 0 aliphatic heterocycles. The first-order valence-corrected chi connectivity index (χ1v) is 4.40. The smallest absolute Gasteiger partial charge is 0.416 e. The minimum Gasteiger partial charge on any atom is -0.416 e. The quantitative estimate of drug-likeness (QED) is 0.727. The van der Waals surface area contributed by atoms with Crippen molar-refractivity contribution < 1.29 is 4.42 Å². The van der Waals surface area contributed by atoms with Crippen LogP contribution < -0.4 is 5.76 Å². The minimum absolute atomic E-state index is 0.319. The van der Waals surface area contributed by atoms with Gasteiger partial charge in [0.1, 0.15) is 6.26 Å². The monoisotopic (exact) mass is 190 g/mol. The first kappa shape index (κ1) is 8.74. The lowest BCUT2D eigenvalue weighted by Crippen LogP contribution is -2.14. The lowest BCUT2D eigenvalue weighted by atomic mass is 10.3. The molecule has 2 heterocycles. The van der Waals surface area contributed by atoms with Crippen LogP contribution in [0.3, 0.4) is 0 Å². The summed E-state index contributed by atoms with van der Waals surface area (Å²) in [6.45, 7) is 0.604. The predicted molar refractivity (Wildman–Crippen MR) is 50.9 cm³/mol. The van der Waals surface area contributed by atoms with E-state index in [1.165, 1.54) is 10.8 Å². The minimum atomic E-state index is -0.319. The van der Waals surface area contributed by atoms with Crippen molar-refractivity contribution in [2.45, 2.75) is 13.0 Å². The first-order chi connectivity index (χ1) is 6.86. The van der Waals surface area contributed by atoms with Gasteiger partial charge in [-0.3, -0.25) is 9.55 Å². The van der Waals surface area contributed by atoms with Crippen LogP contribution in [-0.2, 0) is 13.0 Å². The molecular weight excluding hydrogens is 180 g/mol. The SMILES string of the molecule is O=c1occn1CCc1ccccn1. The Kier molecular flexibility index (Phi) is 2.44. The number of pyridine rings is 1. The molecule has 0 atom stereocenters. The van der Waals surface area contributed by atoms with Gasteiger partial charge in [-0.15, -0.1) is 0 Å². The summed E-state index contributed by atoms with van der Waals surface area (Å²) in [6, 6.07) is 5.74.